The second kappa shape index (κ2) is 4.11. The molecule has 0 aliphatic rings. The summed E-state index contributed by atoms with van der Waals surface area (Å²) in [6.45, 7) is 16.0. The first-order valence-corrected chi connectivity index (χ1v) is 4.93. The maximum atomic E-state index is 2.38. The Labute approximate surface area is 78.1 Å². The molecule has 72 valence electrons. The van der Waals surface area contributed by atoms with Gasteiger partial charge in [-0.05, 0) is 31.1 Å². The molecule has 0 nitrogen and oxygen atoms in total. The third kappa shape index (κ3) is 3.00. The van der Waals surface area contributed by atoms with Gasteiger partial charge in [-0.3, -0.25) is 0 Å². The van der Waals surface area contributed by atoms with E-state index >= 15 is 0 Å². The highest BCUT2D eigenvalue weighted by Gasteiger charge is 2.27. The Morgan fingerprint density at radius 3 is 1.75 bits per heavy atom. The Bertz CT molecular complexity index is 157. The van der Waals surface area contributed by atoms with Crippen LogP contribution < -0.4 is 0 Å². The molecule has 1 unspecified atom stereocenters. The van der Waals surface area contributed by atoms with Crippen molar-refractivity contribution < 1.29 is 0 Å². The first kappa shape index (κ1) is 11.7. The van der Waals surface area contributed by atoms with Crippen molar-refractivity contribution in [2.24, 2.45) is 17.3 Å². The van der Waals surface area contributed by atoms with E-state index in [2.05, 4.69) is 54.5 Å². The summed E-state index contributed by atoms with van der Waals surface area (Å²) >= 11 is 0. The molecular formula is C12H24. The van der Waals surface area contributed by atoms with Crippen LogP contribution in [0.25, 0.3) is 0 Å². The lowest BCUT2D eigenvalue weighted by atomic mass is 9.71. The number of rotatable bonds is 3. The molecule has 12 heavy (non-hydrogen) atoms. The lowest BCUT2D eigenvalue weighted by Crippen LogP contribution is -2.26. The Hall–Kier alpha value is -0.260. The number of hydrogen-bond acceptors (Lipinski definition) is 0. The molecule has 0 fully saturated rings. The van der Waals surface area contributed by atoms with Crippen molar-refractivity contribution >= 4 is 0 Å². The van der Waals surface area contributed by atoms with Gasteiger partial charge in [0.05, 0.1) is 0 Å². The van der Waals surface area contributed by atoms with Crippen LogP contribution in [0.4, 0.5) is 0 Å². The van der Waals surface area contributed by atoms with Crippen LogP contribution in [-0.4, -0.2) is 0 Å². The first-order chi connectivity index (χ1) is 5.28. The highest BCUT2D eigenvalue weighted by molar-refractivity contribution is 5.00. The van der Waals surface area contributed by atoms with Gasteiger partial charge in [0.1, 0.15) is 0 Å². The SMILES string of the molecule is CC(C)=CC(C)C(C)(C)C(C)C. The summed E-state index contributed by atoms with van der Waals surface area (Å²) in [7, 11) is 0. The fourth-order valence-corrected chi connectivity index (χ4v) is 1.24. The van der Waals surface area contributed by atoms with E-state index < -0.39 is 0 Å². The minimum Gasteiger partial charge on any atom is -0.0825 e. The molecule has 0 saturated carbocycles. The lowest BCUT2D eigenvalue weighted by molar-refractivity contribution is 0.184. The fraction of sp³-hybridized carbons (Fsp3) is 0.833. The van der Waals surface area contributed by atoms with Gasteiger partial charge in [0.25, 0.3) is 0 Å². The van der Waals surface area contributed by atoms with Crippen LogP contribution >= 0.6 is 0 Å². The lowest BCUT2D eigenvalue weighted by Gasteiger charge is -2.34. The van der Waals surface area contributed by atoms with Crippen LogP contribution in [0.1, 0.15) is 48.5 Å². The summed E-state index contributed by atoms with van der Waals surface area (Å²) in [6.07, 6.45) is 2.38. The molecule has 0 aliphatic heterocycles. The zero-order valence-electron chi connectivity index (χ0n) is 9.73. The Morgan fingerprint density at radius 1 is 1.08 bits per heavy atom. The first-order valence-electron chi connectivity index (χ1n) is 4.93. The van der Waals surface area contributed by atoms with Crippen LogP contribution in [-0.2, 0) is 0 Å². The molecule has 0 aromatic heterocycles. The van der Waals surface area contributed by atoms with Crippen molar-refractivity contribution in [1.29, 1.82) is 0 Å². The van der Waals surface area contributed by atoms with Crippen LogP contribution in [0, 0.1) is 17.3 Å². The second-order valence-corrected chi connectivity index (χ2v) is 5.01. The van der Waals surface area contributed by atoms with E-state index in [9.17, 15) is 0 Å². The van der Waals surface area contributed by atoms with Gasteiger partial charge in [-0.15, -0.1) is 0 Å². The van der Waals surface area contributed by atoms with E-state index in [1.807, 2.05) is 0 Å². The zero-order chi connectivity index (χ0) is 9.94. The molecule has 0 amide bonds. The quantitative estimate of drug-likeness (QED) is 0.552. The van der Waals surface area contributed by atoms with Crippen LogP contribution in [0.15, 0.2) is 11.6 Å². The minimum absolute atomic E-state index is 0.414. The van der Waals surface area contributed by atoms with Gasteiger partial charge in [-0.25, -0.2) is 0 Å². The van der Waals surface area contributed by atoms with E-state index in [-0.39, 0.29) is 0 Å². The van der Waals surface area contributed by atoms with E-state index in [1.54, 1.807) is 0 Å². The van der Waals surface area contributed by atoms with Gasteiger partial charge in [0.15, 0.2) is 0 Å². The average molecular weight is 168 g/mol. The van der Waals surface area contributed by atoms with E-state index in [0.717, 1.165) is 5.92 Å². The topological polar surface area (TPSA) is 0 Å². The molecule has 0 heterocycles. The van der Waals surface area contributed by atoms with Gasteiger partial charge >= 0.3 is 0 Å². The Balaban J connectivity index is 4.46. The summed E-state index contributed by atoms with van der Waals surface area (Å²) in [5.74, 6) is 1.41. The maximum Gasteiger partial charge on any atom is -0.0206 e. The van der Waals surface area contributed by atoms with E-state index in [4.69, 9.17) is 0 Å². The number of hydrogen-bond donors (Lipinski definition) is 0. The van der Waals surface area contributed by atoms with Gasteiger partial charge < -0.3 is 0 Å². The summed E-state index contributed by atoms with van der Waals surface area (Å²) < 4.78 is 0. The van der Waals surface area contributed by atoms with Crippen LogP contribution in [0.3, 0.4) is 0 Å². The summed E-state index contributed by atoms with van der Waals surface area (Å²) in [5.41, 5.74) is 1.84. The van der Waals surface area contributed by atoms with Crippen molar-refractivity contribution in [3.8, 4) is 0 Å². The highest BCUT2D eigenvalue weighted by Crippen LogP contribution is 2.35. The molecule has 1 atom stereocenters. The van der Waals surface area contributed by atoms with Gasteiger partial charge in [0, 0.05) is 0 Å². The predicted octanol–water partition coefficient (Wildman–Crippen LogP) is 4.27. The summed E-state index contributed by atoms with van der Waals surface area (Å²) in [4.78, 5) is 0. The summed E-state index contributed by atoms with van der Waals surface area (Å²) in [6, 6.07) is 0. The Kier molecular flexibility index (Phi) is 4.02. The van der Waals surface area contributed by atoms with Gasteiger partial charge in [0.2, 0.25) is 0 Å². The third-order valence-corrected chi connectivity index (χ3v) is 3.24. The monoisotopic (exact) mass is 168 g/mol. The Morgan fingerprint density at radius 2 is 1.50 bits per heavy atom. The fourth-order valence-electron chi connectivity index (χ4n) is 1.24. The standard InChI is InChI=1S/C12H24/c1-9(2)8-11(5)12(6,7)10(3)4/h8,10-11H,1-7H3. The molecule has 0 N–H and O–H groups in total. The molecule has 0 aliphatic carbocycles. The molecule has 0 aromatic rings. The minimum atomic E-state index is 0.414. The molecule has 0 bridgehead atoms. The summed E-state index contributed by atoms with van der Waals surface area (Å²) in [5, 5.41) is 0. The largest absolute Gasteiger partial charge is 0.0825 e. The maximum absolute atomic E-state index is 2.38. The smallest absolute Gasteiger partial charge is 0.0206 e. The van der Waals surface area contributed by atoms with Crippen LogP contribution in [0.5, 0.6) is 0 Å². The normalized spacial score (nSPS) is 14.7. The number of allylic oxidation sites excluding steroid dienone is 2. The third-order valence-electron chi connectivity index (χ3n) is 3.24. The highest BCUT2D eigenvalue weighted by atomic mass is 14.3. The molecule has 0 heteroatoms. The van der Waals surface area contributed by atoms with Gasteiger partial charge in [-0.2, -0.15) is 0 Å². The van der Waals surface area contributed by atoms with Gasteiger partial charge in [-0.1, -0.05) is 46.3 Å². The molecule has 0 aromatic carbocycles. The van der Waals surface area contributed by atoms with Crippen molar-refractivity contribution in [3.05, 3.63) is 11.6 Å². The molecular weight excluding hydrogens is 144 g/mol. The van der Waals surface area contributed by atoms with Crippen molar-refractivity contribution in [3.63, 3.8) is 0 Å². The molecule has 0 rings (SSSR count). The zero-order valence-corrected chi connectivity index (χ0v) is 9.73. The van der Waals surface area contributed by atoms with Crippen molar-refractivity contribution in [1.82, 2.24) is 0 Å². The van der Waals surface area contributed by atoms with Crippen molar-refractivity contribution in [2.75, 3.05) is 0 Å². The second-order valence-electron chi connectivity index (χ2n) is 5.01. The average Bonchev–Trinajstić information content (AvgIpc) is 1.85. The van der Waals surface area contributed by atoms with E-state index in [1.165, 1.54) is 5.57 Å². The molecule has 0 spiro atoms. The van der Waals surface area contributed by atoms with E-state index in [0.29, 0.717) is 11.3 Å². The van der Waals surface area contributed by atoms with Crippen LogP contribution in [0.2, 0.25) is 0 Å². The molecule has 0 saturated heterocycles. The molecule has 0 radical (unpaired) electrons. The predicted molar refractivity (Wildman–Crippen MR) is 57.2 cm³/mol. The van der Waals surface area contributed by atoms with Crippen molar-refractivity contribution in [2.45, 2.75) is 48.5 Å².